The van der Waals surface area contributed by atoms with Gasteiger partial charge in [0.25, 0.3) is 5.91 Å². The molecular formula is C24H20ClF2N5O4S. The Labute approximate surface area is 216 Å². The molecule has 192 valence electrons. The number of hydrogen-bond donors (Lipinski definition) is 2. The van der Waals surface area contributed by atoms with E-state index in [2.05, 4.69) is 20.0 Å². The van der Waals surface area contributed by atoms with Crippen LogP contribution in [0.5, 0.6) is 5.75 Å². The molecule has 0 saturated heterocycles. The van der Waals surface area contributed by atoms with Crippen molar-refractivity contribution in [1.29, 1.82) is 0 Å². The zero-order valence-corrected chi connectivity index (χ0v) is 21.1. The van der Waals surface area contributed by atoms with Gasteiger partial charge in [0.15, 0.2) is 0 Å². The molecule has 4 aromatic rings. The Morgan fingerprint density at radius 3 is 2.51 bits per heavy atom. The molecule has 0 fully saturated rings. The largest absolute Gasteiger partial charge is 0.487 e. The second kappa shape index (κ2) is 10.5. The molecule has 0 bridgehead atoms. The molecule has 37 heavy (non-hydrogen) atoms. The first-order valence-electron chi connectivity index (χ1n) is 10.6. The third kappa shape index (κ3) is 6.80. The highest BCUT2D eigenvalue weighted by Crippen LogP contribution is 2.27. The summed E-state index contributed by atoms with van der Waals surface area (Å²) in [4.78, 5) is 20.8. The molecule has 3 aromatic heterocycles. The van der Waals surface area contributed by atoms with E-state index in [4.69, 9.17) is 16.3 Å². The average Bonchev–Trinajstić information content (AvgIpc) is 3.18. The molecule has 0 spiro atoms. The van der Waals surface area contributed by atoms with Crippen molar-refractivity contribution < 1.29 is 26.7 Å². The van der Waals surface area contributed by atoms with Crippen LogP contribution >= 0.6 is 11.6 Å². The van der Waals surface area contributed by atoms with E-state index in [0.717, 1.165) is 24.7 Å². The lowest BCUT2D eigenvalue weighted by Gasteiger charge is -2.11. The molecule has 0 atom stereocenters. The van der Waals surface area contributed by atoms with E-state index in [1.165, 1.54) is 30.5 Å². The van der Waals surface area contributed by atoms with Gasteiger partial charge in [0, 0.05) is 35.6 Å². The Bertz CT molecular complexity index is 1590. The van der Waals surface area contributed by atoms with Crippen molar-refractivity contribution in [2.24, 2.45) is 7.05 Å². The highest BCUT2D eigenvalue weighted by molar-refractivity contribution is 7.92. The monoisotopic (exact) mass is 547 g/mol. The van der Waals surface area contributed by atoms with E-state index in [1.807, 2.05) is 0 Å². The predicted octanol–water partition coefficient (Wildman–Crippen LogP) is 4.62. The maximum atomic E-state index is 14.0. The first-order chi connectivity index (χ1) is 17.5. The molecule has 1 amide bonds. The van der Waals surface area contributed by atoms with Crippen molar-refractivity contribution in [1.82, 2.24) is 14.5 Å². The molecule has 0 aliphatic heterocycles. The van der Waals surface area contributed by atoms with Gasteiger partial charge in [0.1, 0.15) is 24.0 Å². The molecule has 13 heteroatoms. The highest BCUT2D eigenvalue weighted by atomic mass is 35.5. The van der Waals surface area contributed by atoms with Crippen LogP contribution in [0.3, 0.4) is 0 Å². The zero-order chi connectivity index (χ0) is 26.7. The van der Waals surface area contributed by atoms with Gasteiger partial charge in [-0.3, -0.25) is 19.5 Å². The van der Waals surface area contributed by atoms with Crippen LogP contribution in [0.25, 0.3) is 11.4 Å². The van der Waals surface area contributed by atoms with Crippen molar-refractivity contribution in [2.75, 3.05) is 16.3 Å². The standard InChI is InChI=1S/C24H20ClF2N5O4S/c1-32-12-14(24(33)30-19-5-16(25)6-20(8-19)31-37(2,34)35)4-22(32)23-15(3-17(26)10-29-23)13-36-21-7-18(27)9-28-11-21/h3-12,31H,13H2,1-2H3,(H,30,33). The molecule has 0 radical (unpaired) electrons. The van der Waals surface area contributed by atoms with E-state index in [-0.39, 0.29) is 34.3 Å². The lowest BCUT2D eigenvalue weighted by molar-refractivity contribution is 0.102. The second-order valence-electron chi connectivity index (χ2n) is 8.07. The first-order valence-corrected chi connectivity index (χ1v) is 12.9. The van der Waals surface area contributed by atoms with Gasteiger partial charge >= 0.3 is 0 Å². The number of benzene rings is 1. The van der Waals surface area contributed by atoms with E-state index in [0.29, 0.717) is 17.0 Å². The summed E-state index contributed by atoms with van der Waals surface area (Å²) in [5, 5.41) is 2.89. The molecule has 2 N–H and O–H groups in total. The Balaban J connectivity index is 1.58. The van der Waals surface area contributed by atoms with Gasteiger partial charge in [0.05, 0.1) is 47.5 Å². The quantitative estimate of drug-likeness (QED) is 0.333. The number of rotatable bonds is 8. The van der Waals surface area contributed by atoms with Crippen LogP contribution in [0.4, 0.5) is 20.2 Å². The molecule has 0 aliphatic rings. The summed E-state index contributed by atoms with van der Waals surface area (Å²) in [7, 11) is -1.86. The summed E-state index contributed by atoms with van der Waals surface area (Å²) >= 11 is 6.06. The SMILES string of the molecule is Cn1cc(C(=O)Nc2cc(Cl)cc(NS(C)(=O)=O)c2)cc1-c1ncc(F)cc1COc1cncc(F)c1. The summed E-state index contributed by atoms with van der Waals surface area (Å²) in [6, 6.07) is 8.24. The minimum Gasteiger partial charge on any atom is -0.487 e. The number of sulfonamides is 1. The molecule has 1 aromatic carbocycles. The molecular weight excluding hydrogens is 528 g/mol. The van der Waals surface area contributed by atoms with Gasteiger partial charge in [-0.25, -0.2) is 17.2 Å². The summed E-state index contributed by atoms with van der Waals surface area (Å²) in [5.41, 5.74) is 1.92. The number of hydrogen-bond acceptors (Lipinski definition) is 6. The Hall–Kier alpha value is -4.03. The summed E-state index contributed by atoms with van der Waals surface area (Å²) in [5.74, 6) is -1.51. The van der Waals surface area contributed by atoms with Crippen molar-refractivity contribution in [3.05, 3.63) is 89.0 Å². The van der Waals surface area contributed by atoms with Crippen molar-refractivity contribution in [3.8, 4) is 17.1 Å². The van der Waals surface area contributed by atoms with Crippen LogP contribution in [-0.2, 0) is 23.7 Å². The van der Waals surface area contributed by atoms with Crippen LogP contribution in [0, 0.1) is 11.6 Å². The number of nitrogens with one attached hydrogen (secondary N) is 2. The number of halogens is 3. The lowest BCUT2D eigenvalue weighted by atomic mass is 10.1. The number of carbonyl (C=O) groups is 1. The van der Waals surface area contributed by atoms with Gasteiger partial charge in [-0.2, -0.15) is 0 Å². The Kier molecular flexibility index (Phi) is 7.41. The van der Waals surface area contributed by atoms with E-state index >= 15 is 0 Å². The zero-order valence-electron chi connectivity index (χ0n) is 19.5. The molecule has 3 heterocycles. The van der Waals surface area contributed by atoms with Crippen LogP contribution < -0.4 is 14.8 Å². The Morgan fingerprint density at radius 2 is 1.78 bits per heavy atom. The number of ether oxygens (including phenoxy) is 1. The van der Waals surface area contributed by atoms with Gasteiger partial charge in [0.2, 0.25) is 10.0 Å². The predicted molar refractivity (Wildman–Crippen MR) is 135 cm³/mol. The molecule has 0 unspecified atom stereocenters. The average molecular weight is 548 g/mol. The number of aromatic nitrogens is 3. The minimum atomic E-state index is -3.55. The number of nitrogens with zero attached hydrogens (tertiary/aromatic N) is 3. The number of anilines is 2. The van der Waals surface area contributed by atoms with Crippen LogP contribution in [0.2, 0.25) is 5.02 Å². The van der Waals surface area contributed by atoms with Gasteiger partial charge in [-0.05, 0) is 30.3 Å². The number of amides is 1. The third-order valence-corrected chi connectivity index (χ3v) is 5.80. The fourth-order valence-corrected chi connectivity index (χ4v) is 4.30. The first kappa shape index (κ1) is 26.0. The van der Waals surface area contributed by atoms with Crippen molar-refractivity contribution >= 4 is 38.9 Å². The molecule has 0 saturated carbocycles. The number of carbonyl (C=O) groups excluding carboxylic acids is 1. The maximum absolute atomic E-state index is 14.0. The fourth-order valence-electron chi connectivity index (χ4n) is 3.52. The third-order valence-electron chi connectivity index (χ3n) is 4.98. The van der Waals surface area contributed by atoms with E-state index < -0.39 is 27.6 Å². The van der Waals surface area contributed by atoms with Crippen molar-refractivity contribution in [3.63, 3.8) is 0 Å². The number of pyridine rings is 2. The van der Waals surface area contributed by atoms with Crippen LogP contribution in [-0.4, -0.2) is 35.1 Å². The highest BCUT2D eigenvalue weighted by Gasteiger charge is 2.18. The maximum Gasteiger partial charge on any atom is 0.257 e. The van der Waals surface area contributed by atoms with Gasteiger partial charge in [-0.1, -0.05) is 11.6 Å². The topological polar surface area (TPSA) is 115 Å². The second-order valence-corrected chi connectivity index (χ2v) is 10.3. The number of aryl methyl sites for hydroxylation is 1. The smallest absolute Gasteiger partial charge is 0.257 e. The normalized spacial score (nSPS) is 11.3. The lowest BCUT2D eigenvalue weighted by Crippen LogP contribution is -2.13. The molecule has 9 nitrogen and oxygen atoms in total. The van der Waals surface area contributed by atoms with Crippen molar-refractivity contribution in [2.45, 2.75) is 6.61 Å². The minimum absolute atomic E-state index is 0.128. The molecule has 4 rings (SSSR count). The van der Waals surface area contributed by atoms with Crippen LogP contribution in [0.1, 0.15) is 15.9 Å². The fraction of sp³-hybridized carbons (Fsp3) is 0.125. The van der Waals surface area contributed by atoms with Gasteiger partial charge in [-0.15, -0.1) is 0 Å². The van der Waals surface area contributed by atoms with Crippen LogP contribution in [0.15, 0.2) is 61.2 Å². The summed E-state index contributed by atoms with van der Waals surface area (Å²) in [6.07, 6.45) is 5.95. The van der Waals surface area contributed by atoms with E-state index in [9.17, 15) is 22.0 Å². The summed E-state index contributed by atoms with van der Waals surface area (Å²) in [6.45, 7) is -0.128. The van der Waals surface area contributed by atoms with E-state index in [1.54, 1.807) is 23.9 Å². The Morgan fingerprint density at radius 1 is 1.05 bits per heavy atom. The molecule has 0 aliphatic carbocycles. The van der Waals surface area contributed by atoms with Gasteiger partial charge < -0.3 is 14.6 Å². The summed E-state index contributed by atoms with van der Waals surface area (Å²) < 4.78 is 60.0.